The fourth-order valence-corrected chi connectivity index (χ4v) is 2.47. The third kappa shape index (κ3) is 1.78. The summed E-state index contributed by atoms with van der Waals surface area (Å²) in [5.41, 5.74) is 3.61. The predicted octanol–water partition coefficient (Wildman–Crippen LogP) is 2.66. The van der Waals surface area contributed by atoms with Gasteiger partial charge in [-0.05, 0) is 48.9 Å². The van der Waals surface area contributed by atoms with Crippen molar-refractivity contribution >= 4 is 5.69 Å². The first-order valence-electron chi connectivity index (χ1n) is 6.58. The third-order valence-corrected chi connectivity index (χ3v) is 3.70. The molecule has 1 fully saturated rings. The Balaban J connectivity index is 1.63. The molecule has 1 saturated carbocycles. The average Bonchev–Trinajstić information content (AvgIpc) is 2.91. The molecule has 0 spiro atoms. The molecule has 0 atom stereocenters. The topological polar surface area (TPSA) is 51.0 Å². The zero-order valence-electron chi connectivity index (χ0n) is 10.1. The second kappa shape index (κ2) is 3.83. The van der Waals surface area contributed by atoms with Crippen LogP contribution in [0.5, 0.6) is 0 Å². The van der Waals surface area contributed by atoms with Crippen LogP contribution in [-0.4, -0.2) is 16.7 Å². The second-order valence-corrected chi connectivity index (χ2v) is 5.21. The lowest BCUT2D eigenvalue weighted by Gasteiger charge is -2.00. The lowest BCUT2D eigenvalue weighted by molar-refractivity contribution is 0.421. The van der Waals surface area contributed by atoms with E-state index in [-0.39, 0.29) is 0 Å². The van der Waals surface area contributed by atoms with Crippen molar-refractivity contribution in [3.63, 3.8) is 0 Å². The van der Waals surface area contributed by atoms with Gasteiger partial charge < -0.3 is 9.84 Å². The van der Waals surface area contributed by atoms with Gasteiger partial charge in [-0.2, -0.15) is 4.98 Å². The van der Waals surface area contributed by atoms with Crippen LogP contribution in [0.2, 0.25) is 0 Å². The van der Waals surface area contributed by atoms with Crippen molar-refractivity contribution in [2.45, 2.75) is 25.7 Å². The minimum absolute atomic E-state index is 0.653. The summed E-state index contributed by atoms with van der Waals surface area (Å²) in [7, 11) is 0. The Morgan fingerprint density at radius 2 is 2.28 bits per heavy atom. The maximum Gasteiger partial charge on any atom is 0.257 e. The minimum atomic E-state index is 0.653. The van der Waals surface area contributed by atoms with E-state index in [1.54, 1.807) is 0 Å². The molecule has 4 heteroatoms. The van der Waals surface area contributed by atoms with Crippen molar-refractivity contribution in [3.05, 3.63) is 29.6 Å². The molecule has 18 heavy (non-hydrogen) atoms. The van der Waals surface area contributed by atoms with E-state index in [0.717, 1.165) is 36.7 Å². The highest BCUT2D eigenvalue weighted by molar-refractivity contribution is 5.64. The Morgan fingerprint density at radius 1 is 1.33 bits per heavy atom. The van der Waals surface area contributed by atoms with Gasteiger partial charge in [0.25, 0.3) is 5.89 Å². The van der Waals surface area contributed by atoms with E-state index in [0.29, 0.717) is 5.89 Å². The van der Waals surface area contributed by atoms with Crippen molar-refractivity contribution in [3.8, 4) is 11.5 Å². The molecule has 0 saturated heterocycles. The van der Waals surface area contributed by atoms with Crippen LogP contribution < -0.4 is 5.32 Å². The van der Waals surface area contributed by atoms with Crippen LogP contribution in [0.15, 0.2) is 22.7 Å². The van der Waals surface area contributed by atoms with Crippen molar-refractivity contribution in [1.82, 2.24) is 10.1 Å². The Kier molecular flexibility index (Phi) is 2.15. The summed E-state index contributed by atoms with van der Waals surface area (Å²) in [5, 5.41) is 7.42. The number of nitrogens with zero attached hydrogens (tertiary/aromatic N) is 2. The van der Waals surface area contributed by atoms with Crippen LogP contribution in [0.1, 0.15) is 24.2 Å². The number of nitrogens with one attached hydrogen (secondary N) is 1. The van der Waals surface area contributed by atoms with E-state index in [9.17, 15) is 0 Å². The molecule has 1 aromatic heterocycles. The van der Waals surface area contributed by atoms with E-state index < -0.39 is 0 Å². The molecule has 4 nitrogen and oxygen atoms in total. The van der Waals surface area contributed by atoms with Gasteiger partial charge in [-0.15, -0.1) is 0 Å². The molecule has 0 radical (unpaired) electrons. The molecule has 1 N–H and O–H groups in total. The molecule has 1 aromatic carbocycles. The smallest absolute Gasteiger partial charge is 0.257 e. The van der Waals surface area contributed by atoms with Gasteiger partial charge in [0.2, 0.25) is 0 Å². The summed E-state index contributed by atoms with van der Waals surface area (Å²) in [5.74, 6) is 2.30. The SMILES string of the molecule is c1cc2c(cc1-c1nc(CC3CC3)no1)CCN2. The summed E-state index contributed by atoms with van der Waals surface area (Å²) >= 11 is 0. The summed E-state index contributed by atoms with van der Waals surface area (Å²) in [6, 6.07) is 6.30. The van der Waals surface area contributed by atoms with Gasteiger partial charge in [0.05, 0.1) is 0 Å². The third-order valence-electron chi connectivity index (χ3n) is 3.70. The molecule has 2 heterocycles. The van der Waals surface area contributed by atoms with Crippen molar-refractivity contribution in [1.29, 1.82) is 0 Å². The monoisotopic (exact) mass is 241 g/mol. The number of anilines is 1. The van der Waals surface area contributed by atoms with E-state index in [2.05, 4.69) is 27.6 Å². The Morgan fingerprint density at radius 3 is 3.17 bits per heavy atom. The molecule has 1 aliphatic heterocycles. The molecule has 2 aliphatic rings. The first-order valence-corrected chi connectivity index (χ1v) is 6.58. The fraction of sp³-hybridized carbons (Fsp3) is 0.429. The molecule has 0 unspecified atom stereocenters. The highest BCUT2D eigenvalue weighted by Crippen LogP contribution is 2.32. The zero-order valence-corrected chi connectivity index (χ0v) is 10.1. The molecule has 1 aliphatic carbocycles. The van der Waals surface area contributed by atoms with Crippen LogP contribution in [0.4, 0.5) is 5.69 Å². The summed E-state index contributed by atoms with van der Waals surface area (Å²) in [6.07, 6.45) is 4.67. The first-order chi connectivity index (χ1) is 8.88. The van der Waals surface area contributed by atoms with Crippen LogP contribution in [0.25, 0.3) is 11.5 Å². The highest BCUT2D eigenvalue weighted by atomic mass is 16.5. The second-order valence-electron chi connectivity index (χ2n) is 5.21. The molecular formula is C14H15N3O. The van der Waals surface area contributed by atoms with Crippen LogP contribution in [0.3, 0.4) is 0 Å². The number of hydrogen-bond donors (Lipinski definition) is 1. The standard InChI is InChI=1S/C14H15N3O/c1-2-9(1)7-13-16-14(18-17-13)11-3-4-12-10(8-11)5-6-15-12/h3-4,8-9,15H,1-2,5-7H2. The Labute approximate surface area is 105 Å². The Bertz CT molecular complexity index is 586. The molecule has 4 rings (SSSR count). The molecular weight excluding hydrogens is 226 g/mol. The zero-order chi connectivity index (χ0) is 11.9. The number of benzene rings is 1. The Hall–Kier alpha value is -1.84. The summed E-state index contributed by atoms with van der Waals surface area (Å²) < 4.78 is 5.36. The van der Waals surface area contributed by atoms with Gasteiger partial charge in [0, 0.05) is 24.2 Å². The summed E-state index contributed by atoms with van der Waals surface area (Å²) in [6.45, 7) is 1.02. The molecule has 92 valence electrons. The maximum absolute atomic E-state index is 5.36. The van der Waals surface area contributed by atoms with E-state index >= 15 is 0 Å². The van der Waals surface area contributed by atoms with Crippen LogP contribution in [0, 0.1) is 5.92 Å². The van der Waals surface area contributed by atoms with Gasteiger partial charge in [-0.1, -0.05) is 5.16 Å². The van der Waals surface area contributed by atoms with Crippen LogP contribution >= 0.6 is 0 Å². The molecule has 2 aromatic rings. The lowest BCUT2D eigenvalue weighted by Crippen LogP contribution is -1.90. The quantitative estimate of drug-likeness (QED) is 0.897. The van der Waals surface area contributed by atoms with E-state index in [1.165, 1.54) is 24.1 Å². The lowest BCUT2D eigenvalue weighted by atomic mass is 10.1. The van der Waals surface area contributed by atoms with Crippen molar-refractivity contribution in [2.24, 2.45) is 5.92 Å². The van der Waals surface area contributed by atoms with Gasteiger partial charge in [-0.3, -0.25) is 0 Å². The predicted molar refractivity (Wildman–Crippen MR) is 68.4 cm³/mol. The molecule has 0 bridgehead atoms. The highest BCUT2D eigenvalue weighted by Gasteiger charge is 2.24. The number of hydrogen-bond acceptors (Lipinski definition) is 4. The van der Waals surface area contributed by atoms with Crippen LogP contribution in [-0.2, 0) is 12.8 Å². The van der Waals surface area contributed by atoms with Gasteiger partial charge in [0.1, 0.15) is 0 Å². The number of fused-ring (bicyclic) bond motifs is 1. The van der Waals surface area contributed by atoms with Crippen molar-refractivity contribution < 1.29 is 4.52 Å². The number of rotatable bonds is 3. The van der Waals surface area contributed by atoms with Gasteiger partial charge in [0.15, 0.2) is 5.82 Å². The van der Waals surface area contributed by atoms with Gasteiger partial charge in [-0.25, -0.2) is 0 Å². The maximum atomic E-state index is 5.36. The minimum Gasteiger partial charge on any atom is -0.384 e. The van der Waals surface area contributed by atoms with Crippen molar-refractivity contribution in [2.75, 3.05) is 11.9 Å². The number of aromatic nitrogens is 2. The normalized spacial score (nSPS) is 17.6. The average molecular weight is 241 g/mol. The van der Waals surface area contributed by atoms with E-state index in [1.807, 2.05) is 6.07 Å². The van der Waals surface area contributed by atoms with E-state index in [4.69, 9.17) is 4.52 Å². The first kappa shape index (κ1) is 10.1. The summed E-state index contributed by atoms with van der Waals surface area (Å²) in [4.78, 5) is 4.49. The van der Waals surface area contributed by atoms with Gasteiger partial charge >= 0.3 is 0 Å². The largest absolute Gasteiger partial charge is 0.384 e. The molecule has 0 amide bonds. The fourth-order valence-electron chi connectivity index (χ4n) is 2.47.